The SMILES string of the molecule is CC[C@H](N)C(=O)OC[C@@H]1COCCN1C. The Morgan fingerprint density at radius 2 is 2.47 bits per heavy atom. The van der Waals surface area contributed by atoms with E-state index in [0.29, 0.717) is 19.6 Å². The predicted octanol–water partition coefficient (Wildman–Crippen LogP) is -0.402. The maximum Gasteiger partial charge on any atom is 0.322 e. The van der Waals surface area contributed by atoms with E-state index in [4.69, 9.17) is 15.2 Å². The first-order valence-corrected chi connectivity index (χ1v) is 5.35. The van der Waals surface area contributed by atoms with Crippen molar-refractivity contribution >= 4 is 5.97 Å². The number of likely N-dealkylation sites (N-methyl/N-ethyl adjacent to an activating group) is 1. The fraction of sp³-hybridized carbons (Fsp3) is 0.900. The third-order valence-electron chi connectivity index (χ3n) is 2.68. The third kappa shape index (κ3) is 3.77. The molecule has 1 fully saturated rings. The second-order valence-electron chi connectivity index (χ2n) is 3.85. The van der Waals surface area contributed by atoms with Crippen LogP contribution < -0.4 is 5.73 Å². The Balaban J connectivity index is 2.26. The van der Waals surface area contributed by atoms with Crippen LogP contribution in [0, 0.1) is 0 Å². The van der Waals surface area contributed by atoms with Crippen molar-refractivity contribution in [3.63, 3.8) is 0 Å². The molecule has 1 rings (SSSR count). The molecule has 0 spiro atoms. The maximum absolute atomic E-state index is 11.3. The van der Waals surface area contributed by atoms with Crippen molar-refractivity contribution in [3.05, 3.63) is 0 Å². The number of nitrogens with two attached hydrogens (primary N) is 1. The van der Waals surface area contributed by atoms with Gasteiger partial charge in [0.15, 0.2) is 0 Å². The molecule has 0 radical (unpaired) electrons. The van der Waals surface area contributed by atoms with E-state index in [2.05, 4.69) is 4.90 Å². The minimum absolute atomic E-state index is 0.159. The van der Waals surface area contributed by atoms with E-state index in [0.717, 1.165) is 13.2 Å². The van der Waals surface area contributed by atoms with Gasteiger partial charge in [0.2, 0.25) is 0 Å². The number of morpholine rings is 1. The van der Waals surface area contributed by atoms with Crippen molar-refractivity contribution in [2.24, 2.45) is 5.73 Å². The molecule has 5 nitrogen and oxygen atoms in total. The van der Waals surface area contributed by atoms with Gasteiger partial charge in [0.1, 0.15) is 12.6 Å². The zero-order valence-corrected chi connectivity index (χ0v) is 9.44. The van der Waals surface area contributed by atoms with Gasteiger partial charge in [-0.25, -0.2) is 0 Å². The minimum Gasteiger partial charge on any atom is -0.463 e. The lowest BCUT2D eigenvalue weighted by atomic mass is 10.2. The summed E-state index contributed by atoms with van der Waals surface area (Å²) in [5.41, 5.74) is 5.55. The van der Waals surface area contributed by atoms with E-state index in [9.17, 15) is 4.79 Å². The molecular formula is C10H20N2O3. The normalized spacial score (nSPS) is 24.9. The predicted molar refractivity (Wildman–Crippen MR) is 56.5 cm³/mol. The monoisotopic (exact) mass is 216 g/mol. The van der Waals surface area contributed by atoms with Gasteiger partial charge in [-0.05, 0) is 13.5 Å². The summed E-state index contributed by atoms with van der Waals surface area (Å²) in [6, 6.07) is -0.341. The Morgan fingerprint density at radius 1 is 1.73 bits per heavy atom. The van der Waals surface area contributed by atoms with E-state index in [1.54, 1.807) is 0 Å². The molecule has 0 aromatic heterocycles. The number of carbonyl (C=O) groups excluding carboxylic acids is 1. The highest BCUT2D eigenvalue weighted by Gasteiger charge is 2.22. The van der Waals surface area contributed by atoms with E-state index >= 15 is 0 Å². The lowest BCUT2D eigenvalue weighted by Gasteiger charge is -2.31. The highest BCUT2D eigenvalue weighted by Crippen LogP contribution is 2.05. The number of rotatable bonds is 4. The van der Waals surface area contributed by atoms with Crippen LogP contribution in [0.25, 0.3) is 0 Å². The summed E-state index contributed by atoms with van der Waals surface area (Å²) in [7, 11) is 2.00. The van der Waals surface area contributed by atoms with Gasteiger partial charge >= 0.3 is 5.97 Å². The summed E-state index contributed by atoms with van der Waals surface area (Å²) in [4.78, 5) is 13.5. The average molecular weight is 216 g/mol. The smallest absolute Gasteiger partial charge is 0.322 e. The van der Waals surface area contributed by atoms with Gasteiger partial charge in [0, 0.05) is 6.54 Å². The fourth-order valence-electron chi connectivity index (χ4n) is 1.37. The molecule has 0 aliphatic carbocycles. The first kappa shape index (κ1) is 12.4. The van der Waals surface area contributed by atoms with Gasteiger partial charge in [-0.2, -0.15) is 0 Å². The molecule has 2 N–H and O–H groups in total. The number of carbonyl (C=O) groups is 1. The van der Waals surface area contributed by atoms with Crippen LogP contribution in [0.1, 0.15) is 13.3 Å². The summed E-state index contributed by atoms with van der Waals surface area (Å²) >= 11 is 0. The van der Waals surface area contributed by atoms with E-state index in [1.165, 1.54) is 0 Å². The Bertz CT molecular complexity index is 211. The summed E-state index contributed by atoms with van der Waals surface area (Å²) in [6.07, 6.45) is 0.607. The molecule has 1 heterocycles. The Kier molecular flexibility index (Phi) is 5.01. The zero-order valence-electron chi connectivity index (χ0n) is 9.44. The van der Waals surface area contributed by atoms with Crippen LogP contribution in [0.2, 0.25) is 0 Å². The van der Waals surface area contributed by atoms with Gasteiger partial charge in [-0.3, -0.25) is 9.69 Å². The Labute approximate surface area is 90.5 Å². The topological polar surface area (TPSA) is 64.8 Å². The van der Waals surface area contributed by atoms with Crippen molar-refractivity contribution in [1.29, 1.82) is 0 Å². The van der Waals surface area contributed by atoms with Gasteiger partial charge in [0.25, 0.3) is 0 Å². The van der Waals surface area contributed by atoms with Crippen LogP contribution >= 0.6 is 0 Å². The van der Waals surface area contributed by atoms with Crippen molar-refractivity contribution < 1.29 is 14.3 Å². The van der Waals surface area contributed by atoms with Crippen LogP contribution in [-0.4, -0.2) is 56.4 Å². The Hall–Kier alpha value is -0.650. The fourth-order valence-corrected chi connectivity index (χ4v) is 1.37. The average Bonchev–Trinajstić information content (AvgIpc) is 2.26. The lowest BCUT2D eigenvalue weighted by Crippen LogP contribution is -2.46. The maximum atomic E-state index is 11.3. The zero-order chi connectivity index (χ0) is 11.3. The van der Waals surface area contributed by atoms with Gasteiger partial charge in [-0.1, -0.05) is 6.92 Å². The van der Waals surface area contributed by atoms with Crippen LogP contribution in [0.4, 0.5) is 0 Å². The summed E-state index contributed by atoms with van der Waals surface area (Å²) in [5.74, 6) is -0.323. The molecule has 0 aromatic rings. The molecule has 5 heteroatoms. The first-order valence-electron chi connectivity index (χ1n) is 5.35. The molecule has 1 saturated heterocycles. The first-order chi connectivity index (χ1) is 7.15. The highest BCUT2D eigenvalue weighted by molar-refractivity contribution is 5.75. The minimum atomic E-state index is -0.500. The summed E-state index contributed by atoms with van der Waals surface area (Å²) in [6.45, 7) is 4.47. The lowest BCUT2D eigenvalue weighted by molar-refractivity contribution is -0.148. The molecule has 88 valence electrons. The van der Waals surface area contributed by atoms with Crippen LogP contribution in [0.5, 0.6) is 0 Å². The molecule has 0 unspecified atom stereocenters. The standard InChI is InChI=1S/C10H20N2O3/c1-3-9(11)10(13)15-7-8-6-14-5-4-12(8)2/h8-9H,3-7,11H2,1-2H3/t8-,9-/m0/s1. The van der Waals surface area contributed by atoms with E-state index in [1.807, 2.05) is 14.0 Å². The van der Waals surface area contributed by atoms with Crippen molar-refractivity contribution in [3.8, 4) is 0 Å². The molecule has 0 bridgehead atoms. The van der Waals surface area contributed by atoms with Crippen molar-refractivity contribution in [1.82, 2.24) is 4.90 Å². The summed E-state index contributed by atoms with van der Waals surface area (Å²) < 4.78 is 10.4. The number of ether oxygens (including phenoxy) is 2. The van der Waals surface area contributed by atoms with Crippen LogP contribution in [0.3, 0.4) is 0 Å². The van der Waals surface area contributed by atoms with Crippen molar-refractivity contribution in [2.45, 2.75) is 25.4 Å². The largest absolute Gasteiger partial charge is 0.463 e. The van der Waals surface area contributed by atoms with Gasteiger partial charge < -0.3 is 15.2 Å². The molecule has 0 saturated carbocycles. The molecule has 0 amide bonds. The number of esters is 1. The van der Waals surface area contributed by atoms with Crippen molar-refractivity contribution in [2.75, 3.05) is 33.4 Å². The molecular weight excluding hydrogens is 196 g/mol. The van der Waals surface area contributed by atoms with E-state index < -0.39 is 6.04 Å². The van der Waals surface area contributed by atoms with Crippen LogP contribution in [-0.2, 0) is 14.3 Å². The molecule has 2 atom stereocenters. The van der Waals surface area contributed by atoms with E-state index in [-0.39, 0.29) is 12.0 Å². The second-order valence-corrected chi connectivity index (χ2v) is 3.85. The van der Waals surface area contributed by atoms with Gasteiger partial charge in [-0.15, -0.1) is 0 Å². The number of hydrogen-bond donors (Lipinski definition) is 1. The quantitative estimate of drug-likeness (QED) is 0.648. The molecule has 0 aromatic carbocycles. The molecule has 1 aliphatic heterocycles. The number of hydrogen-bond acceptors (Lipinski definition) is 5. The highest BCUT2D eigenvalue weighted by atomic mass is 16.5. The van der Waals surface area contributed by atoms with Crippen LogP contribution in [0.15, 0.2) is 0 Å². The second kappa shape index (κ2) is 6.05. The number of nitrogens with zero attached hydrogens (tertiary/aromatic N) is 1. The molecule has 1 aliphatic rings. The summed E-state index contributed by atoms with van der Waals surface area (Å²) in [5, 5.41) is 0. The van der Waals surface area contributed by atoms with Gasteiger partial charge in [0.05, 0.1) is 19.3 Å². The Morgan fingerprint density at radius 3 is 3.07 bits per heavy atom. The molecule has 15 heavy (non-hydrogen) atoms. The third-order valence-corrected chi connectivity index (χ3v) is 2.68.